The summed E-state index contributed by atoms with van der Waals surface area (Å²) in [4.78, 5) is 27.7. The second kappa shape index (κ2) is 11.3. The van der Waals surface area contributed by atoms with Gasteiger partial charge >= 0.3 is 12.0 Å². The number of nitrogens with one attached hydrogen (secondary N) is 1. The van der Waals surface area contributed by atoms with Crippen LogP contribution in [0.2, 0.25) is 5.02 Å². The summed E-state index contributed by atoms with van der Waals surface area (Å²) in [6.45, 7) is 5.76. The van der Waals surface area contributed by atoms with Crippen molar-refractivity contribution in [3.8, 4) is 11.5 Å². The van der Waals surface area contributed by atoms with E-state index in [-0.39, 0.29) is 29.6 Å². The number of halogens is 3. The summed E-state index contributed by atoms with van der Waals surface area (Å²) >= 11 is 9.34. The van der Waals surface area contributed by atoms with Crippen LogP contribution in [0.4, 0.5) is 9.18 Å². The molecule has 0 aliphatic heterocycles. The van der Waals surface area contributed by atoms with Gasteiger partial charge < -0.3 is 19.7 Å². The zero-order chi connectivity index (χ0) is 27.6. The van der Waals surface area contributed by atoms with Crippen molar-refractivity contribution in [2.24, 2.45) is 0 Å². The lowest BCUT2D eigenvalue weighted by atomic mass is 10.0. The molecule has 200 valence electrons. The molecule has 0 heterocycles. The van der Waals surface area contributed by atoms with Gasteiger partial charge in [0.1, 0.15) is 22.9 Å². The fraction of sp³-hybridized carbons (Fsp3) is 0.310. The molecule has 0 saturated carbocycles. The molecule has 2 amide bonds. The highest BCUT2D eigenvalue weighted by Crippen LogP contribution is 2.41. The van der Waals surface area contributed by atoms with Crippen LogP contribution in [0.25, 0.3) is 0 Å². The molecule has 38 heavy (non-hydrogen) atoms. The first-order valence-electron chi connectivity index (χ1n) is 12.2. The third-order valence-corrected chi connectivity index (χ3v) is 6.89. The zero-order valence-electron chi connectivity index (χ0n) is 21.6. The van der Waals surface area contributed by atoms with Crippen LogP contribution in [0.15, 0.2) is 65.1 Å². The summed E-state index contributed by atoms with van der Waals surface area (Å²) < 4.78 is 26.0. The molecule has 9 heteroatoms. The molecule has 1 N–H and O–H groups in total. The van der Waals surface area contributed by atoms with E-state index in [1.54, 1.807) is 13.1 Å². The van der Waals surface area contributed by atoms with Crippen molar-refractivity contribution in [2.45, 2.75) is 51.3 Å². The fourth-order valence-electron chi connectivity index (χ4n) is 4.38. The number of fused-ring (bicyclic) bond motifs is 1. The molecule has 0 aromatic heterocycles. The van der Waals surface area contributed by atoms with Gasteiger partial charge in [-0.1, -0.05) is 57.9 Å². The average molecular weight is 604 g/mol. The minimum atomic E-state index is -0.600. The highest BCUT2D eigenvalue weighted by molar-refractivity contribution is 9.10. The lowest BCUT2D eigenvalue weighted by Crippen LogP contribution is -2.38. The second-order valence-corrected chi connectivity index (χ2v) is 11.6. The van der Waals surface area contributed by atoms with Crippen LogP contribution in [-0.2, 0) is 16.1 Å². The van der Waals surface area contributed by atoms with Gasteiger partial charge in [-0.05, 0) is 62.6 Å². The van der Waals surface area contributed by atoms with Gasteiger partial charge in [0.25, 0.3) is 0 Å². The van der Waals surface area contributed by atoms with Gasteiger partial charge in [-0.25, -0.2) is 9.18 Å². The van der Waals surface area contributed by atoms with E-state index in [9.17, 15) is 14.0 Å². The first-order valence-corrected chi connectivity index (χ1v) is 13.3. The third kappa shape index (κ3) is 6.66. The number of hydrogen-bond donors (Lipinski definition) is 1. The van der Waals surface area contributed by atoms with E-state index in [0.29, 0.717) is 17.9 Å². The Hall–Kier alpha value is -3.10. The molecule has 6 nitrogen and oxygen atoms in total. The first-order chi connectivity index (χ1) is 17.9. The molecule has 1 aliphatic carbocycles. The Morgan fingerprint density at radius 3 is 2.50 bits per heavy atom. The molecular weight excluding hydrogens is 575 g/mol. The average Bonchev–Trinajstić information content (AvgIpc) is 3.20. The molecule has 0 radical (unpaired) electrons. The summed E-state index contributed by atoms with van der Waals surface area (Å²) in [5.74, 6) is -0.411. The Balaban J connectivity index is 1.47. The smallest absolute Gasteiger partial charge is 0.317 e. The monoisotopic (exact) mass is 602 g/mol. The van der Waals surface area contributed by atoms with Crippen molar-refractivity contribution in [1.29, 1.82) is 0 Å². The maximum atomic E-state index is 13.6. The van der Waals surface area contributed by atoms with E-state index in [4.69, 9.17) is 21.1 Å². The number of hydrogen-bond acceptors (Lipinski definition) is 4. The highest BCUT2D eigenvalue weighted by Gasteiger charge is 2.38. The SMILES string of the molecule is CN(Cc1ccc(Br)cc1Oc1ccc(F)c(Cl)c1)C(=O)NC1CC(C(=O)OC(C)(C)C)c2ccccc21. The lowest BCUT2D eigenvalue weighted by molar-refractivity contribution is -0.156. The van der Waals surface area contributed by atoms with E-state index in [0.717, 1.165) is 21.2 Å². The molecule has 2 atom stereocenters. The molecule has 0 fully saturated rings. The normalized spacial score (nSPS) is 16.5. The van der Waals surface area contributed by atoms with Crippen molar-refractivity contribution in [3.63, 3.8) is 0 Å². The molecule has 0 spiro atoms. The maximum absolute atomic E-state index is 13.6. The van der Waals surface area contributed by atoms with Crippen LogP contribution in [0, 0.1) is 5.82 Å². The van der Waals surface area contributed by atoms with Gasteiger partial charge in [-0.2, -0.15) is 0 Å². The number of urea groups is 1. The third-order valence-electron chi connectivity index (χ3n) is 6.11. The first kappa shape index (κ1) is 27.9. The molecule has 1 aliphatic rings. The summed E-state index contributed by atoms with van der Waals surface area (Å²) in [5, 5.41) is 3.02. The number of ether oxygens (including phenoxy) is 2. The summed E-state index contributed by atoms with van der Waals surface area (Å²) in [7, 11) is 1.68. The predicted molar refractivity (Wildman–Crippen MR) is 148 cm³/mol. The van der Waals surface area contributed by atoms with E-state index < -0.39 is 17.3 Å². The molecule has 3 aromatic carbocycles. The van der Waals surface area contributed by atoms with E-state index in [1.165, 1.54) is 23.1 Å². The quantitative estimate of drug-likeness (QED) is 0.293. The number of esters is 1. The van der Waals surface area contributed by atoms with Crippen LogP contribution in [0.3, 0.4) is 0 Å². The molecule has 4 rings (SSSR count). The van der Waals surface area contributed by atoms with Crippen LogP contribution in [0.5, 0.6) is 11.5 Å². The molecule has 3 aromatic rings. The minimum Gasteiger partial charge on any atom is -0.459 e. The van der Waals surface area contributed by atoms with E-state index in [1.807, 2.05) is 57.2 Å². The van der Waals surface area contributed by atoms with Crippen LogP contribution >= 0.6 is 27.5 Å². The molecule has 2 unspecified atom stereocenters. The Morgan fingerprint density at radius 2 is 1.82 bits per heavy atom. The van der Waals surface area contributed by atoms with Gasteiger partial charge in [0.05, 0.1) is 23.5 Å². The van der Waals surface area contributed by atoms with Gasteiger partial charge in [-0.3, -0.25) is 4.79 Å². The Labute approximate surface area is 235 Å². The summed E-state index contributed by atoms with van der Waals surface area (Å²) in [6, 6.07) is 16.6. The molecular formula is C29H29BrClFN2O4. The largest absolute Gasteiger partial charge is 0.459 e. The number of benzene rings is 3. The van der Waals surface area contributed by atoms with Crippen LogP contribution in [-0.4, -0.2) is 29.5 Å². The van der Waals surface area contributed by atoms with Crippen molar-refractivity contribution < 1.29 is 23.5 Å². The predicted octanol–water partition coefficient (Wildman–Crippen LogP) is 7.75. The number of nitrogens with zero attached hydrogens (tertiary/aromatic N) is 1. The van der Waals surface area contributed by atoms with Gasteiger partial charge in [0.2, 0.25) is 0 Å². The van der Waals surface area contributed by atoms with Crippen LogP contribution in [0.1, 0.15) is 55.8 Å². The zero-order valence-corrected chi connectivity index (χ0v) is 23.9. The standard InChI is InChI=1S/C29H29BrClFN2O4/c1-29(2,3)38-27(35)22-15-25(21-8-6-5-7-20(21)22)33-28(36)34(4)16-17-9-10-18(30)13-26(17)37-19-11-12-24(32)23(31)14-19/h5-14,22,25H,15-16H2,1-4H3,(H,33,36). The van der Waals surface area contributed by atoms with Crippen molar-refractivity contribution in [2.75, 3.05) is 7.05 Å². The van der Waals surface area contributed by atoms with Crippen molar-refractivity contribution in [3.05, 3.63) is 92.7 Å². The summed E-state index contributed by atoms with van der Waals surface area (Å²) in [6.07, 6.45) is 0.422. The number of rotatable bonds is 6. The van der Waals surface area contributed by atoms with Crippen LogP contribution < -0.4 is 10.1 Å². The lowest BCUT2D eigenvalue weighted by Gasteiger charge is -2.24. The summed E-state index contributed by atoms with van der Waals surface area (Å²) in [5.41, 5.74) is 1.92. The minimum absolute atomic E-state index is 0.0444. The maximum Gasteiger partial charge on any atom is 0.317 e. The molecule has 0 bridgehead atoms. The van der Waals surface area contributed by atoms with Gasteiger partial charge in [0, 0.05) is 23.2 Å². The van der Waals surface area contributed by atoms with Crippen molar-refractivity contribution >= 4 is 39.5 Å². The number of carbonyl (C=O) groups is 2. The topological polar surface area (TPSA) is 67.9 Å². The molecule has 0 saturated heterocycles. The van der Waals surface area contributed by atoms with E-state index in [2.05, 4.69) is 21.2 Å². The van der Waals surface area contributed by atoms with Gasteiger partial charge in [-0.15, -0.1) is 0 Å². The number of carbonyl (C=O) groups excluding carboxylic acids is 2. The highest BCUT2D eigenvalue weighted by atomic mass is 79.9. The van der Waals surface area contributed by atoms with E-state index >= 15 is 0 Å². The second-order valence-electron chi connectivity index (χ2n) is 10.2. The Morgan fingerprint density at radius 1 is 1.11 bits per heavy atom. The van der Waals surface area contributed by atoms with Gasteiger partial charge in [0.15, 0.2) is 0 Å². The Kier molecular flexibility index (Phi) is 8.33. The Bertz CT molecular complexity index is 1360. The number of amides is 2. The van der Waals surface area contributed by atoms with Crippen molar-refractivity contribution in [1.82, 2.24) is 10.2 Å². The fourth-order valence-corrected chi connectivity index (χ4v) is 4.89.